The van der Waals surface area contributed by atoms with E-state index < -0.39 is 6.10 Å². The van der Waals surface area contributed by atoms with Crippen LogP contribution < -0.4 is 11.5 Å². The maximum Gasteiger partial charge on any atom is 0.245 e. The van der Waals surface area contributed by atoms with Crippen LogP contribution in [0.3, 0.4) is 0 Å². The number of anilines is 2. The van der Waals surface area contributed by atoms with Crippen LogP contribution in [0.5, 0.6) is 0 Å². The molecule has 1 atom stereocenters. The van der Waals surface area contributed by atoms with E-state index in [1.54, 1.807) is 0 Å². The fourth-order valence-electron chi connectivity index (χ4n) is 0.780. The van der Waals surface area contributed by atoms with Crippen molar-refractivity contribution < 1.29 is 14.7 Å². The Balaban J connectivity index is 2.69. The predicted molar refractivity (Wildman–Crippen MR) is 42.1 cm³/mol. The monoisotopic (exact) mass is 173 g/mol. The average Bonchev–Trinajstić information content (AvgIpc) is 2.36. The molecule has 6 heteroatoms. The molecule has 0 fully saturated rings. The second-order valence-electron chi connectivity index (χ2n) is 2.45. The summed E-state index contributed by atoms with van der Waals surface area (Å²) in [5.74, 6) is 0.0372. The maximum absolute atomic E-state index is 9.02. The standard InChI is InChI=1S/C6H11N3O3/c7-5-4(1-3(11)2-10)9-12-6(5)8/h3,10-11H,1-2,7-8H2. The van der Waals surface area contributed by atoms with Crippen molar-refractivity contribution in [2.75, 3.05) is 18.1 Å². The Kier molecular flexibility index (Phi) is 2.51. The maximum atomic E-state index is 9.02. The lowest BCUT2D eigenvalue weighted by molar-refractivity contribution is 0.0941. The first-order valence-electron chi connectivity index (χ1n) is 3.43. The van der Waals surface area contributed by atoms with Gasteiger partial charge in [0.05, 0.1) is 12.7 Å². The Labute approximate surface area is 68.8 Å². The molecule has 1 unspecified atom stereocenters. The zero-order valence-corrected chi connectivity index (χ0v) is 6.40. The Morgan fingerprint density at radius 3 is 2.58 bits per heavy atom. The smallest absolute Gasteiger partial charge is 0.245 e. The molecule has 1 heterocycles. The zero-order chi connectivity index (χ0) is 9.14. The van der Waals surface area contributed by atoms with Crippen molar-refractivity contribution in [1.82, 2.24) is 5.16 Å². The van der Waals surface area contributed by atoms with Crippen LogP contribution in [-0.4, -0.2) is 28.1 Å². The molecule has 0 saturated carbocycles. The minimum atomic E-state index is -0.878. The third-order valence-corrected chi connectivity index (χ3v) is 1.47. The van der Waals surface area contributed by atoms with E-state index in [0.717, 1.165) is 0 Å². The molecule has 0 aliphatic rings. The van der Waals surface area contributed by atoms with E-state index in [9.17, 15) is 0 Å². The molecule has 0 amide bonds. The predicted octanol–water partition coefficient (Wildman–Crippen LogP) is -1.27. The van der Waals surface area contributed by atoms with Gasteiger partial charge in [-0.25, -0.2) is 0 Å². The lowest BCUT2D eigenvalue weighted by Gasteiger charge is -2.02. The second kappa shape index (κ2) is 3.42. The number of nitrogens with two attached hydrogens (primary N) is 2. The number of aliphatic hydroxyl groups excluding tert-OH is 2. The Morgan fingerprint density at radius 2 is 2.17 bits per heavy atom. The SMILES string of the molecule is Nc1onc(CC(O)CO)c1N. The first-order chi connectivity index (χ1) is 5.65. The average molecular weight is 173 g/mol. The van der Waals surface area contributed by atoms with Gasteiger partial charge in [0, 0.05) is 6.42 Å². The van der Waals surface area contributed by atoms with Gasteiger partial charge in [-0.3, -0.25) is 0 Å². The highest BCUT2D eigenvalue weighted by atomic mass is 16.5. The van der Waals surface area contributed by atoms with Crippen molar-refractivity contribution in [3.05, 3.63) is 5.69 Å². The number of nitrogens with zero attached hydrogens (tertiary/aromatic N) is 1. The summed E-state index contributed by atoms with van der Waals surface area (Å²) < 4.78 is 4.55. The molecule has 1 aromatic heterocycles. The van der Waals surface area contributed by atoms with Gasteiger partial charge in [0.15, 0.2) is 0 Å². The van der Waals surface area contributed by atoms with Crippen LogP contribution in [0.25, 0.3) is 0 Å². The molecule has 0 bridgehead atoms. The molecule has 0 aromatic carbocycles. The molecule has 1 rings (SSSR count). The quantitative estimate of drug-likeness (QED) is 0.452. The van der Waals surface area contributed by atoms with Crippen molar-refractivity contribution >= 4 is 11.6 Å². The van der Waals surface area contributed by atoms with E-state index in [2.05, 4.69) is 9.68 Å². The highest BCUT2D eigenvalue weighted by Crippen LogP contribution is 2.19. The van der Waals surface area contributed by atoms with Crippen LogP contribution in [0, 0.1) is 0 Å². The summed E-state index contributed by atoms with van der Waals surface area (Å²) in [4.78, 5) is 0. The third-order valence-electron chi connectivity index (χ3n) is 1.47. The molecule has 6 nitrogen and oxygen atoms in total. The summed E-state index contributed by atoms with van der Waals surface area (Å²) >= 11 is 0. The highest BCUT2D eigenvalue weighted by Gasteiger charge is 2.13. The van der Waals surface area contributed by atoms with Gasteiger partial charge in [0.25, 0.3) is 0 Å². The van der Waals surface area contributed by atoms with E-state index in [0.29, 0.717) is 5.69 Å². The fraction of sp³-hybridized carbons (Fsp3) is 0.500. The van der Waals surface area contributed by atoms with Crippen LogP contribution in [0.4, 0.5) is 11.6 Å². The largest absolute Gasteiger partial charge is 0.394 e. The molecule has 0 aliphatic carbocycles. The second-order valence-corrected chi connectivity index (χ2v) is 2.45. The molecule has 0 aliphatic heterocycles. The first kappa shape index (κ1) is 8.82. The molecule has 0 spiro atoms. The van der Waals surface area contributed by atoms with Crippen LogP contribution in [0.1, 0.15) is 5.69 Å². The summed E-state index contributed by atoms with van der Waals surface area (Å²) in [5.41, 5.74) is 11.3. The number of rotatable bonds is 3. The van der Waals surface area contributed by atoms with Crippen LogP contribution in [0.15, 0.2) is 4.52 Å². The van der Waals surface area contributed by atoms with E-state index in [4.69, 9.17) is 21.7 Å². The van der Waals surface area contributed by atoms with Gasteiger partial charge in [-0.05, 0) is 0 Å². The van der Waals surface area contributed by atoms with Gasteiger partial charge in [-0.15, -0.1) is 0 Å². The summed E-state index contributed by atoms with van der Waals surface area (Å²) in [5, 5.41) is 21.0. The van der Waals surface area contributed by atoms with Gasteiger partial charge in [0.2, 0.25) is 5.88 Å². The van der Waals surface area contributed by atoms with Gasteiger partial charge < -0.3 is 26.2 Å². The molecule has 6 N–H and O–H groups in total. The fourth-order valence-corrected chi connectivity index (χ4v) is 0.780. The molecule has 1 aromatic rings. The Hall–Kier alpha value is -1.27. The van der Waals surface area contributed by atoms with E-state index in [1.807, 2.05) is 0 Å². The summed E-state index contributed by atoms with van der Waals surface area (Å²) in [6.45, 7) is -0.341. The zero-order valence-electron chi connectivity index (χ0n) is 6.40. The minimum Gasteiger partial charge on any atom is -0.394 e. The van der Waals surface area contributed by atoms with E-state index >= 15 is 0 Å². The van der Waals surface area contributed by atoms with Crippen LogP contribution in [0.2, 0.25) is 0 Å². The number of hydrogen-bond acceptors (Lipinski definition) is 6. The molecule has 12 heavy (non-hydrogen) atoms. The molecule has 0 radical (unpaired) electrons. The summed E-state index contributed by atoms with van der Waals surface area (Å²) in [7, 11) is 0. The van der Waals surface area contributed by atoms with Crippen molar-refractivity contribution in [2.24, 2.45) is 0 Å². The highest BCUT2D eigenvalue weighted by molar-refractivity contribution is 5.58. The third kappa shape index (κ3) is 1.66. The lowest BCUT2D eigenvalue weighted by atomic mass is 10.2. The van der Waals surface area contributed by atoms with Gasteiger partial charge >= 0.3 is 0 Å². The molecule has 68 valence electrons. The number of aromatic nitrogens is 1. The summed E-state index contributed by atoms with van der Waals surface area (Å²) in [6, 6.07) is 0. The van der Waals surface area contributed by atoms with Gasteiger partial charge in [-0.1, -0.05) is 5.16 Å². The van der Waals surface area contributed by atoms with Crippen molar-refractivity contribution in [2.45, 2.75) is 12.5 Å². The molecule has 0 saturated heterocycles. The Morgan fingerprint density at radius 1 is 1.50 bits per heavy atom. The number of nitrogen functional groups attached to an aromatic ring is 2. The number of aliphatic hydroxyl groups is 2. The van der Waals surface area contributed by atoms with Crippen molar-refractivity contribution in [1.29, 1.82) is 0 Å². The van der Waals surface area contributed by atoms with Crippen molar-refractivity contribution in [3.8, 4) is 0 Å². The van der Waals surface area contributed by atoms with Crippen LogP contribution in [-0.2, 0) is 6.42 Å². The molecular weight excluding hydrogens is 162 g/mol. The van der Waals surface area contributed by atoms with Crippen molar-refractivity contribution in [3.63, 3.8) is 0 Å². The summed E-state index contributed by atoms with van der Waals surface area (Å²) in [6.07, 6.45) is -0.736. The number of hydrogen-bond donors (Lipinski definition) is 4. The van der Waals surface area contributed by atoms with Gasteiger partial charge in [-0.2, -0.15) is 0 Å². The Bertz CT molecular complexity index is 261. The van der Waals surface area contributed by atoms with E-state index in [-0.39, 0.29) is 24.6 Å². The lowest BCUT2D eigenvalue weighted by Crippen LogP contribution is -2.16. The normalized spacial score (nSPS) is 13.2. The van der Waals surface area contributed by atoms with Crippen LogP contribution >= 0.6 is 0 Å². The first-order valence-corrected chi connectivity index (χ1v) is 3.43. The van der Waals surface area contributed by atoms with Gasteiger partial charge in [0.1, 0.15) is 11.4 Å². The topological polar surface area (TPSA) is 119 Å². The molecular formula is C6H11N3O3. The van der Waals surface area contributed by atoms with E-state index in [1.165, 1.54) is 0 Å². The minimum absolute atomic E-state index is 0.0372.